The van der Waals surface area contributed by atoms with E-state index < -0.39 is 0 Å². The number of furan rings is 1. The number of hydrogen-bond acceptors (Lipinski definition) is 3. The molecule has 1 atom stereocenters. The van der Waals surface area contributed by atoms with Gasteiger partial charge in [0.1, 0.15) is 5.76 Å². The van der Waals surface area contributed by atoms with Gasteiger partial charge < -0.3 is 9.73 Å². The van der Waals surface area contributed by atoms with Crippen LogP contribution in [0.25, 0.3) is 0 Å². The van der Waals surface area contributed by atoms with Crippen molar-refractivity contribution in [2.75, 3.05) is 0 Å². The van der Waals surface area contributed by atoms with Crippen molar-refractivity contribution in [2.24, 2.45) is 0 Å². The van der Waals surface area contributed by atoms with Gasteiger partial charge in [0.2, 0.25) is 0 Å². The number of aromatic nitrogens is 2. The van der Waals surface area contributed by atoms with Crippen molar-refractivity contribution in [3.05, 3.63) is 40.0 Å². The Labute approximate surface area is 122 Å². The number of hydrogen-bond donors (Lipinski definition) is 1. The second-order valence-corrected chi connectivity index (χ2v) is 5.29. The zero-order valence-electron chi connectivity index (χ0n) is 11.6. The van der Waals surface area contributed by atoms with Gasteiger partial charge in [-0.15, -0.1) is 0 Å². The van der Waals surface area contributed by atoms with E-state index in [0.717, 1.165) is 35.4 Å². The van der Waals surface area contributed by atoms with Crippen LogP contribution in [0.3, 0.4) is 0 Å². The van der Waals surface area contributed by atoms with Gasteiger partial charge in [0.25, 0.3) is 0 Å². The molecule has 4 nitrogen and oxygen atoms in total. The molecule has 0 aliphatic rings. The molecule has 0 radical (unpaired) electrons. The van der Waals surface area contributed by atoms with Gasteiger partial charge >= 0.3 is 0 Å². The Bertz CT molecular complexity index is 519. The van der Waals surface area contributed by atoms with Gasteiger partial charge in [-0.1, -0.05) is 6.92 Å². The van der Waals surface area contributed by atoms with Crippen molar-refractivity contribution in [1.82, 2.24) is 15.1 Å². The Morgan fingerprint density at radius 1 is 1.47 bits per heavy atom. The molecule has 0 fully saturated rings. The average molecular weight is 326 g/mol. The summed E-state index contributed by atoms with van der Waals surface area (Å²) in [5.74, 6) is 0.953. The highest BCUT2D eigenvalue weighted by molar-refractivity contribution is 9.10. The molecule has 5 heteroatoms. The molecule has 1 N–H and O–H groups in total. The van der Waals surface area contributed by atoms with E-state index in [-0.39, 0.29) is 6.04 Å². The first-order valence-corrected chi connectivity index (χ1v) is 7.47. The summed E-state index contributed by atoms with van der Waals surface area (Å²) in [5.41, 5.74) is 2.31. The fraction of sp³-hybridized carbons (Fsp3) is 0.500. The van der Waals surface area contributed by atoms with Gasteiger partial charge in [-0.2, -0.15) is 5.10 Å². The number of rotatable bonds is 6. The monoisotopic (exact) mass is 325 g/mol. The lowest BCUT2D eigenvalue weighted by molar-refractivity contribution is 0.423. The van der Waals surface area contributed by atoms with Gasteiger partial charge in [0.15, 0.2) is 0 Å². The van der Waals surface area contributed by atoms with Crippen LogP contribution < -0.4 is 5.32 Å². The van der Waals surface area contributed by atoms with Crippen LogP contribution in [-0.4, -0.2) is 9.78 Å². The van der Waals surface area contributed by atoms with E-state index in [0.29, 0.717) is 0 Å². The summed E-state index contributed by atoms with van der Waals surface area (Å²) < 4.78 is 8.57. The number of nitrogens with one attached hydrogen (secondary N) is 1. The van der Waals surface area contributed by atoms with Crippen LogP contribution in [-0.2, 0) is 19.5 Å². The fourth-order valence-corrected chi connectivity index (χ4v) is 2.78. The third kappa shape index (κ3) is 3.09. The van der Waals surface area contributed by atoms with Crippen molar-refractivity contribution in [3.8, 4) is 0 Å². The lowest BCUT2D eigenvalue weighted by Crippen LogP contribution is -2.20. The first-order valence-electron chi connectivity index (χ1n) is 6.68. The standard InChI is InChI=1S/C14H20BrN3O/c1-4-11-14(15)12(18(5-2)17-11)9-16-10(3)13-7-6-8-19-13/h6-8,10,16H,4-5,9H2,1-3H3/t10-/m0/s1. The van der Waals surface area contributed by atoms with Crippen LogP contribution in [0.4, 0.5) is 0 Å². The molecule has 0 saturated carbocycles. The highest BCUT2D eigenvalue weighted by atomic mass is 79.9. The molecule has 0 aliphatic heterocycles. The smallest absolute Gasteiger partial charge is 0.120 e. The first-order chi connectivity index (χ1) is 9.17. The molecule has 0 aliphatic carbocycles. The van der Waals surface area contributed by atoms with Gasteiger partial charge in [-0.25, -0.2) is 0 Å². The number of nitrogens with zero attached hydrogens (tertiary/aromatic N) is 2. The first kappa shape index (κ1) is 14.3. The summed E-state index contributed by atoms with van der Waals surface area (Å²) >= 11 is 3.66. The lowest BCUT2D eigenvalue weighted by Gasteiger charge is -2.12. The van der Waals surface area contributed by atoms with Crippen LogP contribution in [0.2, 0.25) is 0 Å². The van der Waals surface area contributed by atoms with Crippen molar-refractivity contribution < 1.29 is 4.42 Å². The minimum atomic E-state index is 0.187. The molecule has 19 heavy (non-hydrogen) atoms. The third-order valence-corrected chi connectivity index (χ3v) is 4.16. The van der Waals surface area contributed by atoms with Gasteiger partial charge in [-0.05, 0) is 48.3 Å². The molecule has 0 spiro atoms. The Morgan fingerprint density at radius 3 is 2.84 bits per heavy atom. The molecule has 2 aromatic heterocycles. The molecule has 0 bridgehead atoms. The number of halogens is 1. The van der Waals surface area contributed by atoms with E-state index >= 15 is 0 Å². The summed E-state index contributed by atoms with van der Waals surface area (Å²) in [7, 11) is 0. The topological polar surface area (TPSA) is 43.0 Å². The quantitative estimate of drug-likeness (QED) is 0.881. The molecule has 2 rings (SSSR count). The van der Waals surface area contributed by atoms with Gasteiger partial charge in [0, 0.05) is 13.1 Å². The summed E-state index contributed by atoms with van der Waals surface area (Å²) in [6.07, 6.45) is 2.64. The van der Waals surface area contributed by atoms with E-state index in [4.69, 9.17) is 4.42 Å². The minimum Gasteiger partial charge on any atom is -0.468 e. The van der Waals surface area contributed by atoms with Crippen LogP contribution in [0.15, 0.2) is 27.3 Å². The van der Waals surface area contributed by atoms with Crippen molar-refractivity contribution in [3.63, 3.8) is 0 Å². The van der Waals surface area contributed by atoms with Crippen molar-refractivity contribution in [1.29, 1.82) is 0 Å². The summed E-state index contributed by atoms with van der Waals surface area (Å²) in [6.45, 7) is 7.97. The second-order valence-electron chi connectivity index (χ2n) is 4.49. The van der Waals surface area contributed by atoms with Crippen LogP contribution in [0.1, 0.15) is 44.0 Å². The SMILES string of the molecule is CCc1nn(CC)c(CN[C@@H](C)c2ccco2)c1Br. The van der Waals surface area contributed by atoms with Gasteiger partial charge in [-0.3, -0.25) is 4.68 Å². The Hall–Kier alpha value is -1.07. The van der Waals surface area contributed by atoms with Crippen molar-refractivity contribution in [2.45, 2.75) is 46.3 Å². The maximum atomic E-state index is 5.40. The largest absolute Gasteiger partial charge is 0.468 e. The van der Waals surface area contributed by atoms with E-state index in [9.17, 15) is 0 Å². The van der Waals surface area contributed by atoms with Gasteiger partial charge in [0.05, 0.1) is 28.2 Å². The second kappa shape index (κ2) is 6.39. The molecule has 2 heterocycles. The molecule has 104 valence electrons. The highest BCUT2D eigenvalue weighted by Gasteiger charge is 2.15. The molecule has 0 aromatic carbocycles. The maximum Gasteiger partial charge on any atom is 0.120 e. The molecule has 0 unspecified atom stereocenters. The minimum absolute atomic E-state index is 0.187. The Morgan fingerprint density at radius 2 is 2.26 bits per heavy atom. The zero-order valence-corrected chi connectivity index (χ0v) is 13.2. The van der Waals surface area contributed by atoms with Crippen LogP contribution >= 0.6 is 15.9 Å². The predicted molar refractivity (Wildman–Crippen MR) is 78.9 cm³/mol. The maximum absolute atomic E-state index is 5.40. The van der Waals surface area contributed by atoms with E-state index in [1.165, 1.54) is 5.69 Å². The summed E-state index contributed by atoms with van der Waals surface area (Å²) in [6, 6.07) is 4.09. The normalized spacial score (nSPS) is 12.8. The fourth-order valence-electron chi connectivity index (χ4n) is 2.07. The highest BCUT2D eigenvalue weighted by Crippen LogP contribution is 2.23. The summed E-state index contributed by atoms with van der Waals surface area (Å²) in [4.78, 5) is 0. The molecular formula is C14H20BrN3O. The van der Waals surface area contributed by atoms with Crippen molar-refractivity contribution >= 4 is 15.9 Å². The van der Waals surface area contributed by atoms with Crippen LogP contribution in [0.5, 0.6) is 0 Å². The predicted octanol–water partition coefficient (Wildman–Crippen LogP) is 3.67. The van der Waals surface area contributed by atoms with E-state index in [2.05, 4.69) is 47.1 Å². The third-order valence-electron chi connectivity index (χ3n) is 3.24. The molecule has 0 saturated heterocycles. The lowest BCUT2D eigenvalue weighted by atomic mass is 10.2. The summed E-state index contributed by atoms with van der Waals surface area (Å²) in [5, 5.41) is 8.06. The Balaban J connectivity index is 2.08. The van der Waals surface area contributed by atoms with Crippen LogP contribution in [0, 0.1) is 0 Å². The molecule has 2 aromatic rings. The molecular weight excluding hydrogens is 306 g/mol. The zero-order chi connectivity index (χ0) is 13.8. The van der Waals surface area contributed by atoms with E-state index in [1.807, 2.05) is 16.8 Å². The van der Waals surface area contributed by atoms with E-state index in [1.54, 1.807) is 6.26 Å². The average Bonchev–Trinajstić information content (AvgIpc) is 3.04. The molecule has 0 amide bonds. The Kier molecular flexibility index (Phi) is 4.82. The number of aryl methyl sites for hydroxylation is 2.